The lowest BCUT2D eigenvalue weighted by molar-refractivity contribution is -0.141. The highest BCUT2D eigenvalue weighted by Crippen LogP contribution is 2.27. The minimum atomic E-state index is -3.57. The summed E-state index contributed by atoms with van der Waals surface area (Å²) < 4.78 is 26.6. The summed E-state index contributed by atoms with van der Waals surface area (Å²) in [6.45, 7) is 10.4. The van der Waals surface area contributed by atoms with Crippen molar-refractivity contribution in [3.05, 3.63) is 63.1 Å². The largest absolute Gasteiger partial charge is 0.354 e. The molecule has 1 atom stereocenters. The Morgan fingerprint density at radius 3 is 2.34 bits per heavy atom. The molecular weight excluding hydrogens is 545 g/mol. The van der Waals surface area contributed by atoms with E-state index in [1.165, 1.54) is 9.21 Å². The molecule has 2 amide bonds. The smallest absolute Gasteiger partial charge is 0.242 e. The zero-order valence-electron chi connectivity index (χ0n) is 23.1. The van der Waals surface area contributed by atoms with Gasteiger partial charge in [-0.15, -0.1) is 0 Å². The van der Waals surface area contributed by atoms with Crippen LogP contribution in [0.3, 0.4) is 0 Å². The SMILES string of the molecule is CC[C@@H](C(=O)NCC(C)C)N(Cc1ccc(Cl)cc1Cl)C(=O)CCCN(c1cccc(C)c1C)S(C)(=O)=O. The van der Waals surface area contributed by atoms with Gasteiger partial charge in [0.1, 0.15) is 6.04 Å². The van der Waals surface area contributed by atoms with Crippen molar-refractivity contribution in [2.75, 3.05) is 23.7 Å². The first kappa shape index (κ1) is 31.9. The van der Waals surface area contributed by atoms with Crippen LogP contribution in [0.5, 0.6) is 0 Å². The molecule has 0 aliphatic carbocycles. The zero-order chi connectivity index (χ0) is 28.6. The van der Waals surface area contributed by atoms with Gasteiger partial charge in [-0.2, -0.15) is 0 Å². The van der Waals surface area contributed by atoms with E-state index in [1.54, 1.807) is 24.3 Å². The van der Waals surface area contributed by atoms with Gasteiger partial charge in [0.05, 0.1) is 11.9 Å². The number of hydrogen-bond acceptors (Lipinski definition) is 4. The van der Waals surface area contributed by atoms with Gasteiger partial charge >= 0.3 is 0 Å². The van der Waals surface area contributed by atoms with E-state index in [-0.39, 0.29) is 43.7 Å². The first-order chi connectivity index (χ1) is 17.8. The molecule has 10 heteroatoms. The maximum absolute atomic E-state index is 13.6. The van der Waals surface area contributed by atoms with E-state index in [1.807, 2.05) is 46.8 Å². The Hall–Kier alpha value is -2.29. The summed E-state index contributed by atoms with van der Waals surface area (Å²) in [5, 5.41) is 3.82. The van der Waals surface area contributed by atoms with E-state index in [2.05, 4.69) is 5.32 Å². The second-order valence-corrected chi connectivity index (χ2v) is 12.7. The molecule has 0 heterocycles. The molecular formula is C28H39Cl2N3O4S. The number of nitrogens with one attached hydrogen (secondary N) is 1. The minimum absolute atomic E-state index is 0.0655. The molecule has 0 fully saturated rings. The number of sulfonamides is 1. The number of nitrogens with zero attached hydrogens (tertiary/aromatic N) is 2. The molecule has 0 unspecified atom stereocenters. The van der Waals surface area contributed by atoms with Crippen molar-refractivity contribution in [1.82, 2.24) is 10.2 Å². The number of halogens is 2. The lowest BCUT2D eigenvalue weighted by Gasteiger charge is -2.31. The summed E-state index contributed by atoms with van der Waals surface area (Å²) in [4.78, 5) is 28.2. The number of carbonyl (C=O) groups is 2. The molecule has 7 nitrogen and oxygen atoms in total. The van der Waals surface area contributed by atoms with E-state index < -0.39 is 16.1 Å². The van der Waals surface area contributed by atoms with Crippen molar-refractivity contribution in [2.45, 2.75) is 66.5 Å². The average molecular weight is 585 g/mol. The number of benzene rings is 2. The van der Waals surface area contributed by atoms with Crippen LogP contribution in [0.2, 0.25) is 10.0 Å². The predicted octanol–water partition coefficient (Wildman–Crippen LogP) is 5.74. The average Bonchev–Trinajstić information content (AvgIpc) is 2.83. The Balaban J connectivity index is 2.28. The number of anilines is 1. The Morgan fingerprint density at radius 2 is 1.76 bits per heavy atom. The van der Waals surface area contributed by atoms with Crippen molar-refractivity contribution in [1.29, 1.82) is 0 Å². The van der Waals surface area contributed by atoms with Crippen molar-refractivity contribution in [3.63, 3.8) is 0 Å². The third-order valence-electron chi connectivity index (χ3n) is 6.42. The van der Waals surface area contributed by atoms with Crippen LogP contribution in [0, 0.1) is 19.8 Å². The van der Waals surface area contributed by atoms with Crippen LogP contribution in [0.25, 0.3) is 0 Å². The highest BCUT2D eigenvalue weighted by atomic mass is 35.5. The molecule has 2 aromatic rings. The van der Waals surface area contributed by atoms with Gasteiger partial charge in [0.15, 0.2) is 0 Å². The van der Waals surface area contributed by atoms with Gasteiger partial charge in [-0.3, -0.25) is 13.9 Å². The Bertz CT molecular complexity index is 1230. The Labute approximate surface area is 237 Å². The Kier molecular flexibility index (Phi) is 11.9. The molecule has 38 heavy (non-hydrogen) atoms. The maximum Gasteiger partial charge on any atom is 0.242 e. The lowest BCUT2D eigenvalue weighted by Crippen LogP contribution is -2.49. The fourth-order valence-corrected chi connectivity index (χ4v) is 5.65. The maximum atomic E-state index is 13.6. The number of amides is 2. The van der Waals surface area contributed by atoms with E-state index >= 15 is 0 Å². The van der Waals surface area contributed by atoms with E-state index in [0.717, 1.165) is 17.4 Å². The van der Waals surface area contributed by atoms with Crippen LogP contribution in [-0.2, 0) is 26.2 Å². The van der Waals surface area contributed by atoms with E-state index in [4.69, 9.17) is 23.2 Å². The van der Waals surface area contributed by atoms with E-state index in [9.17, 15) is 18.0 Å². The van der Waals surface area contributed by atoms with E-state index in [0.29, 0.717) is 34.3 Å². The van der Waals surface area contributed by atoms with Crippen LogP contribution >= 0.6 is 23.2 Å². The molecule has 0 bridgehead atoms. The van der Waals surface area contributed by atoms with Crippen molar-refractivity contribution in [3.8, 4) is 0 Å². The molecule has 0 aliphatic heterocycles. The fraction of sp³-hybridized carbons (Fsp3) is 0.500. The summed E-state index contributed by atoms with van der Waals surface area (Å²) in [6, 6.07) is 9.87. The normalized spacial score (nSPS) is 12.3. The molecule has 0 radical (unpaired) electrons. The van der Waals surface area contributed by atoms with Crippen molar-refractivity contribution in [2.24, 2.45) is 5.92 Å². The summed E-state index contributed by atoms with van der Waals surface area (Å²) in [7, 11) is -3.57. The lowest BCUT2D eigenvalue weighted by atomic mass is 10.1. The molecule has 1 N–H and O–H groups in total. The highest BCUT2D eigenvalue weighted by Gasteiger charge is 2.29. The molecule has 210 valence electrons. The van der Waals surface area contributed by atoms with Crippen LogP contribution in [0.4, 0.5) is 5.69 Å². The third kappa shape index (κ3) is 8.89. The molecule has 2 aromatic carbocycles. The second-order valence-electron chi connectivity index (χ2n) is 9.98. The molecule has 0 aliphatic rings. The first-order valence-electron chi connectivity index (χ1n) is 12.8. The third-order valence-corrected chi connectivity index (χ3v) is 8.19. The molecule has 0 aromatic heterocycles. The molecule has 0 spiro atoms. The highest BCUT2D eigenvalue weighted by molar-refractivity contribution is 7.92. The van der Waals surface area contributed by atoms with Gasteiger partial charge in [-0.25, -0.2) is 8.42 Å². The Morgan fingerprint density at radius 1 is 1.08 bits per heavy atom. The predicted molar refractivity (Wildman–Crippen MR) is 156 cm³/mol. The van der Waals surface area contributed by atoms with Gasteiger partial charge in [-0.05, 0) is 67.5 Å². The summed E-state index contributed by atoms with van der Waals surface area (Å²) in [5.41, 5.74) is 3.13. The summed E-state index contributed by atoms with van der Waals surface area (Å²) >= 11 is 12.5. The van der Waals surface area contributed by atoms with Gasteiger partial charge in [-0.1, -0.05) is 62.2 Å². The monoisotopic (exact) mass is 583 g/mol. The number of hydrogen-bond donors (Lipinski definition) is 1. The van der Waals surface area contributed by atoms with Crippen LogP contribution in [0.15, 0.2) is 36.4 Å². The standard InChI is InChI=1S/C28H39Cl2N3O4S/c1-7-25(28(35)31-17-19(2)3)32(18-22-13-14-23(29)16-24(22)30)27(34)12-9-15-33(38(6,36)37)26-11-8-10-20(4)21(26)5/h8,10-11,13-14,16,19,25H,7,9,12,15,17-18H2,1-6H3,(H,31,35)/t25-/m0/s1. The van der Waals surface area contributed by atoms with Gasteiger partial charge in [0.25, 0.3) is 0 Å². The number of rotatable bonds is 13. The number of aryl methyl sites for hydroxylation is 1. The molecule has 2 rings (SSSR count). The van der Waals surface area contributed by atoms with Crippen molar-refractivity contribution >= 4 is 50.7 Å². The second kappa shape index (κ2) is 14.2. The first-order valence-corrected chi connectivity index (χ1v) is 15.4. The fourth-order valence-electron chi connectivity index (χ4n) is 4.16. The minimum Gasteiger partial charge on any atom is -0.354 e. The zero-order valence-corrected chi connectivity index (χ0v) is 25.4. The quantitative estimate of drug-likeness (QED) is 0.326. The topological polar surface area (TPSA) is 86.8 Å². The van der Waals surface area contributed by atoms with Crippen molar-refractivity contribution < 1.29 is 18.0 Å². The number of carbonyl (C=O) groups excluding carboxylic acids is 2. The van der Waals surface area contributed by atoms with Gasteiger partial charge in [0, 0.05) is 36.1 Å². The van der Waals surface area contributed by atoms with Crippen LogP contribution in [0.1, 0.15) is 56.7 Å². The van der Waals surface area contributed by atoms with Gasteiger partial charge < -0.3 is 10.2 Å². The summed E-state index contributed by atoms with van der Waals surface area (Å²) in [6.07, 6.45) is 1.93. The van der Waals surface area contributed by atoms with Crippen LogP contribution in [-0.4, -0.2) is 50.5 Å². The summed E-state index contributed by atoms with van der Waals surface area (Å²) in [5.74, 6) is -0.219. The van der Waals surface area contributed by atoms with Gasteiger partial charge in [0.2, 0.25) is 21.8 Å². The van der Waals surface area contributed by atoms with Crippen LogP contribution < -0.4 is 9.62 Å². The molecule has 0 saturated heterocycles. The molecule has 0 saturated carbocycles.